The molecule has 0 atom stereocenters. The van der Waals surface area contributed by atoms with Crippen molar-refractivity contribution < 1.29 is 13.6 Å². The summed E-state index contributed by atoms with van der Waals surface area (Å²) >= 11 is 0. The number of hydrogen-bond acceptors (Lipinski definition) is 4. The molecule has 0 aliphatic rings. The molecular weight excluding hydrogens is 309 g/mol. The molecule has 3 aromatic rings. The summed E-state index contributed by atoms with van der Waals surface area (Å²) in [6, 6.07) is 15.6. The zero-order valence-corrected chi connectivity index (χ0v) is 12.9. The Labute approximate surface area is 138 Å². The fourth-order valence-electron chi connectivity index (χ4n) is 2.20. The van der Waals surface area contributed by atoms with Crippen LogP contribution in [0, 0.1) is 5.82 Å². The second-order valence-electron chi connectivity index (χ2n) is 5.27. The first-order valence-corrected chi connectivity index (χ1v) is 7.59. The molecule has 0 bridgehead atoms. The van der Waals surface area contributed by atoms with E-state index in [2.05, 4.69) is 15.5 Å². The van der Waals surface area contributed by atoms with E-state index in [9.17, 15) is 9.18 Å². The third-order valence-corrected chi connectivity index (χ3v) is 3.48. The van der Waals surface area contributed by atoms with Gasteiger partial charge in [-0.05, 0) is 36.2 Å². The van der Waals surface area contributed by atoms with Crippen molar-refractivity contribution in [2.45, 2.75) is 19.4 Å². The zero-order chi connectivity index (χ0) is 16.8. The van der Waals surface area contributed by atoms with E-state index in [1.807, 2.05) is 30.3 Å². The molecular formula is C18H16FN3O2. The SMILES string of the molecule is O=C(CCc1ccccc1)NCc1nnc(-c2ccc(F)cc2)o1. The van der Waals surface area contributed by atoms with Gasteiger partial charge in [0.05, 0.1) is 6.54 Å². The van der Waals surface area contributed by atoms with E-state index >= 15 is 0 Å². The third kappa shape index (κ3) is 4.25. The number of benzene rings is 2. The Balaban J connectivity index is 1.50. The lowest BCUT2D eigenvalue weighted by Crippen LogP contribution is -2.23. The normalized spacial score (nSPS) is 10.5. The molecule has 1 aromatic heterocycles. The molecule has 6 heteroatoms. The Morgan fingerprint density at radius 2 is 1.79 bits per heavy atom. The van der Waals surface area contributed by atoms with Crippen molar-refractivity contribution in [2.24, 2.45) is 0 Å². The standard InChI is InChI=1S/C18H16FN3O2/c19-15-9-7-14(8-10-15)18-22-21-17(24-18)12-20-16(23)11-6-13-4-2-1-3-5-13/h1-5,7-10H,6,11-12H2,(H,20,23). The van der Waals surface area contributed by atoms with Gasteiger partial charge in [-0.25, -0.2) is 4.39 Å². The monoisotopic (exact) mass is 325 g/mol. The van der Waals surface area contributed by atoms with Crippen LogP contribution in [0.1, 0.15) is 17.9 Å². The summed E-state index contributed by atoms with van der Waals surface area (Å²) in [5.74, 6) is 0.190. The first kappa shape index (κ1) is 15.9. The lowest BCUT2D eigenvalue weighted by molar-refractivity contribution is -0.121. The molecule has 2 aromatic carbocycles. The highest BCUT2D eigenvalue weighted by Gasteiger charge is 2.10. The van der Waals surface area contributed by atoms with Crippen LogP contribution in [0.4, 0.5) is 4.39 Å². The lowest BCUT2D eigenvalue weighted by Gasteiger charge is -2.02. The first-order chi connectivity index (χ1) is 11.7. The van der Waals surface area contributed by atoms with Gasteiger partial charge in [-0.15, -0.1) is 10.2 Å². The molecule has 0 spiro atoms. The molecule has 0 aliphatic heterocycles. The largest absolute Gasteiger partial charge is 0.419 e. The Bertz CT molecular complexity index is 801. The number of aryl methyl sites for hydroxylation is 1. The molecule has 0 radical (unpaired) electrons. The summed E-state index contributed by atoms with van der Waals surface area (Å²) in [7, 11) is 0. The molecule has 0 unspecified atom stereocenters. The van der Waals surface area contributed by atoms with E-state index < -0.39 is 0 Å². The van der Waals surface area contributed by atoms with Crippen LogP contribution in [-0.2, 0) is 17.8 Å². The van der Waals surface area contributed by atoms with Crippen LogP contribution in [-0.4, -0.2) is 16.1 Å². The quantitative estimate of drug-likeness (QED) is 0.756. The van der Waals surface area contributed by atoms with Gasteiger partial charge in [0, 0.05) is 12.0 Å². The lowest BCUT2D eigenvalue weighted by atomic mass is 10.1. The highest BCUT2D eigenvalue weighted by atomic mass is 19.1. The Morgan fingerprint density at radius 3 is 2.54 bits per heavy atom. The van der Waals surface area contributed by atoms with E-state index in [1.54, 1.807) is 12.1 Å². The van der Waals surface area contributed by atoms with Crippen molar-refractivity contribution in [1.29, 1.82) is 0 Å². The number of rotatable bonds is 6. The van der Waals surface area contributed by atoms with Crippen molar-refractivity contribution in [3.63, 3.8) is 0 Å². The van der Waals surface area contributed by atoms with Crippen LogP contribution in [0.2, 0.25) is 0 Å². The topological polar surface area (TPSA) is 68.0 Å². The number of halogens is 1. The fraction of sp³-hybridized carbons (Fsp3) is 0.167. The van der Waals surface area contributed by atoms with Crippen LogP contribution < -0.4 is 5.32 Å². The smallest absolute Gasteiger partial charge is 0.247 e. The van der Waals surface area contributed by atoms with Gasteiger partial charge in [0.1, 0.15) is 5.82 Å². The highest BCUT2D eigenvalue weighted by Crippen LogP contribution is 2.17. The maximum absolute atomic E-state index is 12.9. The number of carbonyl (C=O) groups excluding carboxylic acids is 1. The van der Waals surface area contributed by atoms with Crippen molar-refractivity contribution in [3.8, 4) is 11.5 Å². The van der Waals surface area contributed by atoms with Gasteiger partial charge in [0.15, 0.2) is 0 Å². The molecule has 0 saturated heterocycles. The minimum atomic E-state index is -0.329. The fourth-order valence-corrected chi connectivity index (χ4v) is 2.20. The number of nitrogens with one attached hydrogen (secondary N) is 1. The summed E-state index contributed by atoms with van der Waals surface area (Å²) in [5, 5.41) is 10.5. The van der Waals surface area contributed by atoms with E-state index in [4.69, 9.17) is 4.42 Å². The Hall–Kier alpha value is -3.02. The van der Waals surface area contributed by atoms with Crippen molar-refractivity contribution in [3.05, 3.63) is 71.9 Å². The summed E-state index contributed by atoms with van der Waals surface area (Å²) in [6.07, 6.45) is 1.07. The van der Waals surface area contributed by atoms with Gasteiger partial charge < -0.3 is 9.73 Å². The third-order valence-electron chi connectivity index (χ3n) is 3.48. The average molecular weight is 325 g/mol. The predicted molar refractivity (Wildman–Crippen MR) is 86.3 cm³/mol. The summed E-state index contributed by atoms with van der Waals surface area (Å²) in [4.78, 5) is 11.9. The van der Waals surface area contributed by atoms with E-state index in [1.165, 1.54) is 12.1 Å². The van der Waals surface area contributed by atoms with Crippen molar-refractivity contribution in [2.75, 3.05) is 0 Å². The number of carbonyl (C=O) groups is 1. The van der Waals surface area contributed by atoms with Crippen LogP contribution in [0.15, 0.2) is 59.0 Å². The van der Waals surface area contributed by atoms with Crippen molar-refractivity contribution in [1.82, 2.24) is 15.5 Å². The molecule has 1 N–H and O–H groups in total. The van der Waals surface area contributed by atoms with Gasteiger partial charge >= 0.3 is 0 Å². The molecule has 3 rings (SSSR count). The van der Waals surface area contributed by atoms with Gasteiger partial charge in [0.25, 0.3) is 0 Å². The predicted octanol–water partition coefficient (Wildman–Crippen LogP) is 3.12. The van der Waals surface area contributed by atoms with Crippen LogP contribution in [0.5, 0.6) is 0 Å². The number of hydrogen-bond donors (Lipinski definition) is 1. The average Bonchev–Trinajstić information content (AvgIpc) is 3.09. The van der Waals surface area contributed by atoms with Gasteiger partial charge in [-0.2, -0.15) is 0 Å². The maximum atomic E-state index is 12.9. The molecule has 0 saturated carbocycles. The highest BCUT2D eigenvalue weighted by molar-refractivity contribution is 5.76. The Kier molecular flexibility index (Phi) is 4.96. The Morgan fingerprint density at radius 1 is 1.04 bits per heavy atom. The summed E-state index contributed by atoms with van der Waals surface area (Å²) in [5.41, 5.74) is 1.74. The van der Waals surface area contributed by atoms with Gasteiger partial charge in [0.2, 0.25) is 17.7 Å². The molecule has 0 fully saturated rings. The second kappa shape index (κ2) is 7.50. The summed E-state index contributed by atoms with van der Waals surface area (Å²) < 4.78 is 18.4. The minimum absolute atomic E-state index is 0.0830. The number of nitrogens with zero attached hydrogens (tertiary/aromatic N) is 2. The molecule has 122 valence electrons. The van der Waals surface area contributed by atoms with E-state index in [0.29, 0.717) is 30.2 Å². The second-order valence-corrected chi connectivity index (χ2v) is 5.27. The zero-order valence-electron chi connectivity index (χ0n) is 12.9. The molecule has 5 nitrogen and oxygen atoms in total. The molecule has 24 heavy (non-hydrogen) atoms. The van der Waals surface area contributed by atoms with Crippen LogP contribution in [0.3, 0.4) is 0 Å². The van der Waals surface area contributed by atoms with Crippen LogP contribution in [0.25, 0.3) is 11.5 Å². The maximum Gasteiger partial charge on any atom is 0.247 e. The van der Waals surface area contributed by atoms with Crippen molar-refractivity contribution >= 4 is 5.91 Å². The molecule has 1 heterocycles. The van der Waals surface area contributed by atoms with Crippen LogP contribution >= 0.6 is 0 Å². The number of amides is 1. The summed E-state index contributed by atoms with van der Waals surface area (Å²) in [6.45, 7) is 0.168. The van der Waals surface area contributed by atoms with Gasteiger partial charge in [-0.1, -0.05) is 30.3 Å². The minimum Gasteiger partial charge on any atom is -0.419 e. The molecule has 0 aliphatic carbocycles. The van der Waals surface area contributed by atoms with Gasteiger partial charge in [-0.3, -0.25) is 4.79 Å². The van der Waals surface area contributed by atoms with E-state index in [-0.39, 0.29) is 18.3 Å². The number of aromatic nitrogens is 2. The first-order valence-electron chi connectivity index (χ1n) is 7.59. The molecule has 1 amide bonds. The van der Waals surface area contributed by atoms with E-state index in [0.717, 1.165) is 5.56 Å².